The van der Waals surface area contributed by atoms with Crippen LogP contribution in [0, 0.1) is 3.57 Å². The molecule has 17 heavy (non-hydrogen) atoms. The van der Waals surface area contributed by atoms with E-state index in [9.17, 15) is 5.11 Å². The lowest BCUT2D eigenvalue weighted by Gasteiger charge is -2.03. The first-order valence-corrected chi connectivity index (χ1v) is 5.97. The van der Waals surface area contributed by atoms with Crippen LogP contribution >= 0.6 is 22.6 Å². The van der Waals surface area contributed by atoms with Gasteiger partial charge in [-0.25, -0.2) is 4.98 Å². The van der Waals surface area contributed by atoms with E-state index in [0.29, 0.717) is 9.09 Å². The van der Waals surface area contributed by atoms with E-state index in [0.717, 1.165) is 16.8 Å². The summed E-state index contributed by atoms with van der Waals surface area (Å²) < 4.78 is 0.714. The highest BCUT2D eigenvalue weighted by molar-refractivity contribution is 14.1. The van der Waals surface area contributed by atoms with Gasteiger partial charge in [0.25, 0.3) is 0 Å². The van der Waals surface area contributed by atoms with Crippen molar-refractivity contribution in [3.05, 3.63) is 34.3 Å². The quantitative estimate of drug-likeness (QED) is 0.668. The molecule has 0 aliphatic heterocycles. The van der Waals surface area contributed by atoms with Crippen molar-refractivity contribution in [3.8, 4) is 17.0 Å². The number of aromatic nitrogens is 4. The topological polar surface area (TPSA) is 74.7 Å². The molecule has 0 radical (unpaired) electrons. The second-order valence-electron chi connectivity index (χ2n) is 3.51. The Morgan fingerprint density at radius 2 is 2.12 bits per heavy atom. The number of hydrogen-bond acceptors (Lipinski definition) is 4. The molecule has 1 aromatic carbocycles. The molecular formula is C11H7IN4O. The Morgan fingerprint density at radius 3 is 2.88 bits per heavy atom. The number of rotatable bonds is 1. The van der Waals surface area contributed by atoms with Crippen molar-refractivity contribution >= 4 is 33.6 Å². The zero-order valence-corrected chi connectivity index (χ0v) is 10.7. The maximum absolute atomic E-state index is 9.58. The van der Waals surface area contributed by atoms with Gasteiger partial charge in [-0.05, 0) is 34.7 Å². The molecule has 0 unspecified atom stereocenters. The third-order valence-electron chi connectivity index (χ3n) is 2.43. The minimum atomic E-state index is 0.225. The van der Waals surface area contributed by atoms with E-state index in [1.807, 2.05) is 0 Å². The van der Waals surface area contributed by atoms with Crippen molar-refractivity contribution in [3.63, 3.8) is 0 Å². The summed E-state index contributed by atoms with van der Waals surface area (Å²) in [5, 5.41) is 16.2. The van der Waals surface area contributed by atoms with E-state index in [1.165, 1.54) is 0 Å². The van der Waals surface area contributed by atoms with E-state index < -0.39 is 0 Å². The van der Waals surface area contributed by atoms with Crippen LogP contribution in [0.15, 0.2) is 30.7 Å². The van der Waals surface area contributed by atoms with Gasteiger partial charge < -0.3 is 5.11 Å². The number of phenols is 1. The van der Waals surface area contributed by atoms with Crippen molar-refractivity contribution in [2.24, 2.45) is 0 Å². The number of nitrogens with one attached hydrogen (secondary N) is 1. The van der Waals surface area contributed by atoms with Crippen molar-refractivity contribution < 1.29 is 5.11 Å². The first-order chi connectivity index (χ1) is 8.25. The van der Waals surface area contributed by atoms with Crippen LogP contribution in [0.1, 0.15) is 0 Å². The van der Waals surface area contributed by atoms with Crippen LogP contribution < -0.4 is 0 Å². The molecule has 0 atom stereocenters. The van der Waals surface area contributed by atoms with Crippen molar-refractivity contribution in [1.82, 2.24) is 20.2 Å². The van der Waals surface area contributed by atoms with E-state index in [4.69, 9.17) is 0 Å². The van der Waals surface area contributed by atoms with Gasteiger partial charge in [0.05, 0.1) is 27.2 Å². The minimum Gasteiger partial charge on any atom is -0.507 e. The first-order valence-electron chi connectivity index (χ1n) is 4.89. The van der Waals surface area contributed by atoms with Crippen molar-refractivity contribution in [1.29, 1.82) is 0 Å². The van der Waals surface area contributed by atoms with Crippen LogP contribution in [0.4, 0.5) is 0 Å². The summed E-state index contributed by atoms with van der Waals surface area (Å²) in [6.07, 6.45) is 5.14. The van der Waals surface area contributed by atoms with Crippen LogP contribution in [-0.2, 0) is 0 Å². The predicted molar refractivity (Wildman–Crippen MR) is 71.5 cm³/mol. The first kappa shape index (κ1) is 10.5. The molecule has 0 bridgehead atoms. The average Bonchev–Trinajstić information content (AvgIpc) is 2.87. The van der Waals surface area contributed by atoms with E-state index in [1.54, 1.807) is 30.7 Å². The fraction of sp³-hybridized carbons (Fsp3) is 0. The molecule has 0 amide bonds. The molecule has 6 heteroatoms. The second-order valence-corrected chi connectivity index (χ2v) is 4.59. The monoisotopic (exact) mass is 338 g/mol. The Hall–Kier alpha value is -1.70. The Balaban J connectivity index is 2.24. The highest BCUT2D eigenvalue weighted by Gasteiger charge is 2.08. The number of fused-ring (bicyclic) bond motifs is 1. The standard InChI is InChI=1S/C11H7IN4O/c12-10-9(17)2-1-7-11(10)13-5-8(16-7)6-3-14-15-4-6/h1-5,17H,(H,14,15). The highest BCUT2D eigenvalue weighted by Crippen LogP contribution is 2.27. The van der Waals surface area contributed by atoms with Gasteiger partial charge in [0.1, 0.15) is 11.3 Å². The number of phenolic OH excluding ortho intramolecular Hbond substituents is 1. The van der Waals surface area contributed by atoms with Gasteiger partial charge in [0.15, 0.2) is 0 Å². The van der Waals surface area contributed by atoms with Crippen LogP contribution in [0.3, 0.4) is 0 Å². The third kappa shape index (κ3) is 1.74. The Labute approximate surface area is 110 Å². The summed E-state index contributed by atoms with van der Waals surface area (Å²) in [5.41, 5.74) is 3.11. The molecule has 5 nitrogen and oxygen atoms in total. The van der Waals surface area contributed by atoms with Crippen LogP contribution in [0.2, 0.25) is 0 Å². The molecule has 0 saturated carbocycles. The van der Waals surface area contributed by atoms with E-state index in [2.05, 4.69) is 42.8 Å². The van der Waals surface area contributed by atoms with Crippen LogP contribution in [0.25, 0.3) is 22.3 Å². The molecular weight excluding hydrogens is 331 g/mol. The molecule has 84 valence electrons. The maximum Gasteiger partial charge on any atom is 0.131 e. The normalized spacial score (nSPS) is 10.9. The van der Waals surface area contributed by atoms with Gasteiger partial charge >= 0.3 is 0 Å². The van der Waals surface area contributed by atoms with Gasteiger partial charge in [-0.3, -0.25) is 10.1 Å². The molecule has 0 spiro atoms. The molecule has 2 heterocycles. The molecule has 2 N–H and O–H groups in total. The Kier molecular flexibility index (Phi) is 2.43. The zero-order valence-electron chi connectivity index (χ0n) is 8.55. The second kappa shape index (κ2) is 3.95. The number of H-pyrrole nitrogens is 1. The van der Waals surface area contributed by atoms with E-state index in [-0.39, 0.29) is 5.75 Å². The number of aromatic hydroxyl groups is 1. The number of benzene rings is 1. The molecule has 0 saturated heterocycles. The summed E-state index contributed by atoms with van der Waals surface area (Å²) in [7, 11) is 0. The van der Waals surface area contributed by atoms with Gasteiger partial charge in [0.2, 0.25) is 0 Å². The average molecular weight is 338 g/mol. The van der Waals surface area contributed by atoms with E-state index >= 15 is 0 Å². The highest BCUT2D eigenvalue weighted by atomic mass is 127. The summed E-state index contributed by atoms with van der Waals surface area (Å²) in [6, 6.07) is 3.38. The number of nitrogens with zero attached hydrogens (tertiary/aromatic N) is 3. The minimum absolute atomic E-state index is 0.225. The lowest BCUT2D eigenvalue weighted by molar-refractivity contribution is 0.472. The Bertz CT molecular complexity index is 681. The lowest BCUT2D eigenvalue weighted by Crippen LogP contribution is -1.90. The van der Waals surface area contributed by atoms with Crippen molar-refractivity contribution in [2.75, 3.05) is 0 Å². The molecule has 0 aliphatic rings. The fourth-order valence-electron chi connectivity index (χ4n) is 1.57. The summed E-state index contributed by atoms with van der Waals surface area (Å²) in [6.45, 7) is 0. The molecule has 0 fully saturated rings. The fourth-order valence-corrected chi connectivity index (χ4v) is 2.17. The SMILES string of the molecule is Oc1ccc2nc(-c3cn[nH]c3)cnc2c1I. The Morgan fingerprint density at radius 1 is 1.24 bits per heavy atom. The third-order valence-corrected chi connectivity index (χ3v) is 3.49. The zero-order chi connectivity index (χ0) is 11.8. The smallest absolute Gasteiger partial charge is 0.131 e. The van der Waals surface area contributed by atoms with Gasteiger partial charge in [-0.1, -0.05) is 0 Å². The molecule has 3 rings (SSSR count). The number of hydrogen-bond donors (Lipinski definition) is 2. The van der Waals surface area contributed by atoms with Crippen molar-refractivity contribution in [2.45, 2.75) is 0 Å². The lowest BCUT2D eigenvalue weighted by atomic mass is 10.2. The number of halogens is 1. The number of aromatic amines is 1. The summed E-state index contributed by atoms with van der Waals surface area (Å²) >= 11 is 2.06. The maximum atomic E-state index is 9.58. The van der Waals surface area contributed by atoms with Gasteiger partial charge in [-0.2, -0.15) is 5.10 Å². The van der Waals surface area contributed by atoms with Crippen LogP contribution in [-0.4, -0.2) is 25.3 Å². The molecule has 0 aliphatic carbocycles. The summed E-state index contributed by atoms with van der Waals surface area (Å²) in [5.74, 6) is 0.225. The van der Waals surface area contributed by atoms with Gasteiger partial charge in [0, 0.05) is 11.8 Å². The molecule has 3 aromatic rings. The molecule has 2 aromatic heterocycles. The summed E-state index contributed by atoms with van der Waals surface area (Å²) in [4.78, 5) is 8.81. The largest absolute Gasteiger partial charge is 0.507 e. The van der Waals surface area contributed by atoms with Gasteiger partial charge in [-0.15, -0.1) is 0 Å². The van der Waals surface area contributed by atoms with Crippen LogP contribution in [0.5, 0.6) is 5.75 Å². The predicted octanol–water partition coefficient (Wildman–Crippen LogP) is 2.33.